The number of carbonyl (C=O) groups is 5. The van der Waals surface area contributed by atoms with Gasteiger partial charge in [0.2, 0.25) is 5.78 Å². The third-order valence-corrected chi connectivity index (χ3v) is 10.0. The van der Waals surface area contributed by atoms with Gasteiger partial charge in [0.1, 0.15) is 17.6 Å². The van der Waals surface area contributed by atoms with Gasteiger partial charge in [-0.1, -0.05) is 45.9 Å². The summed E-state index contributed by atoms with van der Waals surface area (Å²) in [5.41, 5.74) is -1.21. The van der Waals surface area contributed by atoms with Crippen molar-refractivity contribution in [3.8, 4) is 11.5 Å². The Labute approximate surface area is 297 Å². The van der Waals surface area contributed by atoms with Crippen molar-refractivity contribution >= 4 is 29.2 Å². The number of hydrogen-bond donors (Lipinski definition) is 3. The second-order valence-corrected chi connectivity index (χ2v) is 13.6. The van der Waals surface area contributed by atoms with Gasteiger partial charge in [0.25, 0.3) is 11.7 Å². The number of ketones is 3. The molecule has 0 fully saturated rings. The standard InChI is InChI=1S/C38H47NO12/c1-17-12-11-13-18(2)37(46)39-24-16-25(41)27-28(32(24)44)31(43)21(5)35-29(27)36(45)38(8,51-35)49-15-14-26(47-9)19(3)34(50-23(7)40)22(6)33(48-10)20(4)30(17)42/h11-17,19-20,22,26,30,33-34,42-43H,1-10H3,(H,39,46)/b12-11+,15-14+,18-13-/t17-,19+,20+,22+,26-,30-,33+,34+,38-/m0/s1. The molecule has 3 aliphatic heterocycles. The van der Waals surface area contributed by atoms with Crippen molar-refractivity contribution in [2.45, 2.75) is 85.6 Å². The summed E-state index contributed by atoms with van der Waals surface area (Å²) in [6.07, 6.45) is 5.44. The third-order valence-electron chi connectivity index (χ3n) is 10.0. The number of amides is 1. The first-order chi connectivity index (χ1) is 23.9. The highest BCUT2D eigenvalue weighted by atomic mass is 16.7. The highest BCUT2D eigenvalue weighted by Crippen LogP contribution is 2.48. The van der Waals surface area contributed by atoms with E-state index in [0.717, 1.165) is 6.08 Å². The molecule has 51 heavy (non-hydrogen) atoms. The van der Waals surface area contributed by atoms with Crippen LogP contribution < -0.4 is 10.1 Å². The predicted octanol–water partition coefficient (Wildman–Crippen LogP) is 4.28. The van der Waals surface area contributed by atoms with E-state index >= 15 is 0 Å². The predicted molar refractivity (Wildman–Crippen MR) is 184 cm³/mol. The molecule has 4 aliphatic rings. The molecule has 0 unspecified atom stereocenters. The average molecular weight is 710 g/mol. The molecule has 1 aromatic carbocycles. The Morgan fingerprint density at radius 1 is 0.922 bits per heavy atom. The summed E-state index contributed by atoms with van der Waals surface area (Å²) in [6, 6.07) is 0. The van der Waals surface area contributed by atoms with Crippen molar-refractivity contribution in [2.75, 3.05) is 14.2 Å². The number of methoxy groups -OCH3 is 2. The van der Waals surface area contributed by atoms with Crippen LogP contribution in [0.4, 0.5) is 0 Å². The van der Waals surface area contributed by atoms with Crippen LogP contribution in [0.15, 0.2) is 47.9 Å². The van der Waals surface area contributed by atoms with Crippen molar-refractivity contribution in [3.63, 3.8) is 0 Å². The van der Waals surface area contributed by atoms with Crippen LogP contribution >= 0.6 is 0 Å². The molecule has 1 amide bonds. The minimum Gasteiger partial charge on any atom is -0.507 e. The average Bonchev–Trinajstić information content (AvgIpc) is 3.34. The molecule has 276 valence electrons. The lowest BCUT2D eigenvalue weighted by Crippen LogP contribution is -2.47. The van der Waals surface area contributed by atoms with Crippen LogP contribution in [0.25, 0.3) is 0 Å². The van der Waals surface area contributed by atoms with Crippen molar-refractivity contribution in [3.05, 3.63) is 70.2 Å². The maximum Gasteiger partial charge on any atom is 0.312 e. The van der Waals surface area contributed by atoms with Crippen LogP contribution in [-0.4, -0.2) is 83.9 Å². The molecule has 0 radical (unpaired) electrons. The van der Waals surface area contributed by atoms with Gasteiger partial charge >= 0.3 is 11.8 Å². The molecule has 1 aliphatic carbocycles. The van der Waals surface area contributed by atoms with Gasteiger partial charge in [0.05, 0.1) is 47.0 Å². The molecule has 0 spiro atoms. The van der Waals surface area contributed by atoms with Gasteiger partial charge in [0.15, 0.2) is 5.78 Å². The van der Waals surface area contributed by atoms with Crippen LogP contribution in [0.2, 0.25) is 0 Å². The summed E-state index contributed by atoms with van der Waals surface area (Å²) in [5.74, 6) is -8.18. The Morgan fingerprint density at radius 3 is 2.20 bits per heavy atom. The highest BCUT2D eigenvalue weighted by molar-refractivity contribution is 6.30. The lowest BCUT2D eigenvalue weighted by Gasteiger charge is -2.39. The number of allylic oxidation sites excluding steroid dienone is 4. The van der Waals surface area contributed by atoms with E-state index in [1.165, 1.54) is 60.3 Å². The highest BCUT2D eigenvalue weighted by Gasteiger charge is 2.51. The van der Waals surface area contributed by atoms with E-state index in [1.807, 2.05) is 20.8 Å². The molecule has 0 aromatic heterocycles. The minimum absolute atomic E-state index is 0.0219. The van der Waals surface area contributed by atoms with Gasteiger partial charge < -0.3 is 39.2 Å². The van der Waals surface area contributed by atoms with E-state index in [-0.39, 0.29) is 33.7 Å². The first-order valence-electron chi connectivity index (χ1n) is 16.8. The zero-order valence-corrected chi connectivity index (χ0v) is 30.6. The smallest absolute Gasteiger partial charge is 0.312 e. The SMILES string of the molecule is CO[C@H]1[C@@H](C)[C@H](OC(C)=O)[C@H](C)[C@@H](OC)/C=C/O[C@@]2(C)Oc3c(C)c(O)c4c(c3C2=O)C(=O)C=C(NC(=O)/C(C)=C\C=C\[C@H](C)[C@H](O)[C@H]1C)C4=O. The molecule has 5 bridgehead atoms. The zero-order chi connectivity index (χ0) is 38.1. The Bertz CT molecular complexity index is 1740. The van der Waals surface area contributed by atoms with Crippen LogP contribution in [0.3, 0.4) is 0 Å². The van der Waals surface area contributed by atoms with Gasteiger partial charge in [-0.05, 0) is 19.9 Å². The van der Waals surface area contributed by atoms with Crippen LogP contribution in [0.1, 0.15) is 85.1 Å². The molecule has 3 N–H and O–H groups in total. The molecule has 13 heteroatoms. The van der Waals surface area contributed by atoms with Crippen LogP contribution in [0, 0.1) is 30.6 Å². The first-order valence-corrected chi connectivity index (χ1v) is 16.8. The maximum absolute atomic E-state index is 13.9. The number of phenolic OH excluding ortho intramolecular Hbond substituents is 1. The minimum atomic E-state index is -2.01. The Morgan fingerprint density at radius 2 is 1.59 bits per heavy atom. The van der Waals surface area contributed by atoms with Crippen molar-refractivity contribution in [1.29, 1.82) is 0 Å². The maximum atomic E-state index is 13.9. The zero-order valence-electron chi connectivity index (χ0n) is 30.6. The first kappa shape index (κ1) is 39.2. The van der Waals surface area contributed by atoms with E-state index in [4.69, 9.17) is 23.7 Å². The van der Waals surface area contributed by atoms with E-state index in [9.17, 15) is 34.2 Å². The number of esters is 1. The van der Waals surface area contributed by atoms with Gasteiger partial charge in [-0.15, -0.1) is 0 Å². The topological polar surface area (TPSA) is 184 Å². The van der Waals surface area contributed by atoms with E-state index < -0.39 is 94.4 Å². The van der Waals surface area contributed by atoms with Crippen LogP contribution in [-0.2, 0) is 28.5 Å². The lowest BCUT2D eigenvalue weighted by molar-refractivity contribution is -0.162. The summed E-state index contributed by atoms with van der Waals surface area (Å²) in [4.78, 5) is 66.5. The number of Topliss-reactive ketones (excluding diaryl/α,β-unsaturated/α-hetero) is 2. The second-order valence-electron chi connectivity index (χ2n) is 13.6. The van der Waals surface area contributed by atoms with E-state index in [0.29, 0.717) is 0 Å². The van der Waals surface area contributed by atoms with Gasteiger partial charge in [-0.3, -0.25) is 24.0 Å². The molecule has 0 saturated heterocycles. The fourth-order valence-electron chi connectivity index (χ4n) is 7.03. The number of hydrogen-bond acceptors (Lipinski definition) is 12. The molecule has 9 atom stereocenters. The summed E-state index contributed by atoms with van der Waals surface area (Å²) < 4.78 is 29.3. The van der Waals surface area contributed by atoms with Crippen molar-refractivity contribution < 1.29 is 57.9 Å². The quantitative estimate of drug-likeness (QED) is 0.379. The summed E-state index contributed by atoms with van der Waals surface area (Å²) in [5, 5.41) is 24.9. The normalized spacial score (nSPS) is 34.0. The van der Waals surface area contributed by atoms with E-state index in [1.54, 1.807) is 19.1 Å². The van der Waals surface area contributed by atoms with Gasteiger partial charge in [-0.25, -0.2) is 0 Å². The second kappa shape index (κ2) is 15.3. The molecular weight excluding hydrogens is 662 g/mol. The molecule has 3 heterocycles. The lowest BCUT2D eigenvalue weighted by atomic mass is 9.78. The van der Waals surface area contributed by atoms with Gasteiger partial charge in [-0.2, -0.15) is 0 Å². The number of phenols is 1. The van der Waals surface area contributed by atoms with Crippen molar-refractivity contribution in [1.82, 2.24) is 5.32 Å². The number of aromatic hydroxyl groups is 1. The number of aliphatic hydroxyl groups excluding tert-OH is 1. The largest absolute Gasteiger partial charge is 0.507 e. The number of ether oxygens (including phenoxy) is 5. The van der Waals surface area contributed by atoms with Crippen LogP contribution in [0.5, 0.6) is 11.5 Å². The molecule has 1 aromatic rings. The Hall–Kier alpha value is -4.59. The summed E-state index contributed by atoms with van der Waals surface area (Å²) in [7, 11) is 2.98. The molecule has 0 saturated carbocycles. The van der Waals surface area contributed by atoms with E-state index in [2.05, 4.69) is 5.32 Å². The number of rotatable bonds is 3. The number of fused-ring (bicyclic) bond motifs is 14. The summed E-state index contributed by atoms with van der Waals surface area (Å²) >= 11 is 0. The Balaban J connectivity index is 1.84. The van der Waals surface area contributed by atoms with Gasteiger partial charge in [0, 0.05) is 69.0 Å². The third kappa shape index (κ3) is 7.42. The number of nitrogens with one attached hydrogen (secondary N) is 1. The molecular formula is C38H47NO12. The molecule has 13 nitrogen and oxygen atoms in total. The Kier molecular flexibility index (Phi) is 11.8. The number of carbonyl (C=O) groups excluding carboxylic acids is 5. The van der Waals surface area contributed by atoms with Crippen molar-refractivity contribution in [2.24, 2.45) is 23.7 Å². The number of benzene rings is 1. The summed E-state index contributed by atoms with van der Waals surface area (Å²) in [6.45, 7) is 12.9. The number of aliphatic hydroxyl groups is 1. The fourth-order valence-corrected chi connectivity index (χ4v) is 7.03. The molecule has 5 rings (SSSR count). The monoisotopic (exact) mass is 709 g/mol. The fraction of sp³-hybridized carbons (Fsp3) is 0.500.